The lowest BCUT2D eigenvalue weighted by Crippen LogP contribution is -2.33. The van der Waals surface area contributed by atoms with Gasteiger partial charge in [0.1, 0.15) is 0 Å². The van der Waals surface area contributed by atoms with Crippen molar-refractivity contribution in [2.45, 2.75) is 70.6 Å². The molecular weight excluding hydrogens is 679 g/mol. The third kappa shape index (κ3) is 4.64. The Morgan fingerprint density at radius 2 is 1.11 bits per heavy atom. The summed E-state index contributed by atoms with van der Waals surface area (Å²) in [5.74, 6) is 0. The van der Waals surface area contributed by atoms with Crippen LogP contribution < -0.4 is 0 Å². The molecule has 0 radical (unpaired) electrons. The molecule has 272 valence electrons. The fourth-order valence-corrected chi connectivity index (χ4v) is 10.3. The molecule has 0 amide bonds. The number of hydrogen-bond acceptors (Lipinski definition) is 2. The van der Waals surface area contributed by atoms with Gasteiger partial charge in [0.25, 0.3) is 0 Å². The average molecular weight is 724 g/mol. The smallest absolute Gasteiger partial charge is 0.0976 e. The number of rotatable bonds is 3. The predicted molar refractivity (Wildman–Crippen MR) is 235 cm³/mol. The molecule has 0 N–H and O–H groups in total. The van der Waals surface area contributed by atoms with Crippen LogP contribution in [0.1, 0.15) is 76.6 Å². The fourth-order valence-electron chi connectivity index (χ4n) is 10.3. The summed E-state index contributed by atoms with van der Waals surface area (Å²) in [6.07, 6.45) is 2.38. The summed E-state index contributed by atoms with van der Waals surface area (Å²) in [6, 6.07) is 51.4. The molecule has 9 aromatic rings. The van der Waals surface area contributed by atoms with E-state index in [4.69, 9.17) is 9.97 Å². The highest BCUT2D eigenvalue weighted by atomic mass is 15.0. The summed E-state index contributed by atoms with van der Waals surface area (Å²) in [5.41, 5.74) is 17.9. The molecular formula is C53H45N3. The van der Waals surface area contributed by atoms with E-state index in [1.165, 1.54) is 84.5 Å². The van der Waals surface area contributed by atoms with Crippen molar-refractivity contribution in [1.29, 1.82) is 0 Å². The summed E-state index contributed by atoms with van der Waals surface area (Å²) in [7, 11) is 0. The monoisotopic (exact) mass is 723 g/mol. The zero-order valence-electron chi connectivity index (χ0n) is 33.0. The Bertz CT molecular complexity index is 3120. The van der Waals surface area contributed by atoms with E-state index in [1.54, 1.807) is 0 Å². The van der Waals surface area contributed by atoms with Crippen LogP contribution in [0.5, 0.6) is 0 Å². The van der Waals surface area contributed by atoms with Gasteiger partial charge in [0.2, 0.25) is 0 Å². The normalized spacial score (nSPS) is 16.3. The Hall–Kier alpha value is -6.06. The quantitative estimate of drug-likeness (QED) is 0.182. The van der Waals surface area contributed by atoms with Crippen LogP contribution in [0, 0.1) is 0 Å². The lowest BCUT2D eigenvalue weighted by molar-refractivity contribution is 0.332. The molecule has 0 fully saturated rings. The van der Waals surface area contributed by atoms with Gasteiger partial charge in [0.15, 0.2) is 0 Å². The van der Waals surface area contributed by atoms with Crippen molar-refractivity contribution >= 4 is 43.6 Å². The third-order valence-corrected chi connectivity index (χ3v) is 13.4. The summed E-state index contributed by atoms with van der Waals surface area (Å²) < 4.78 is 2.51. The Labute approximate surface area is 328 Å². The van der Waals surface area contributed by atoms with Crippen molar-refractivity contribution in [2.75, 3.05) is 0 Å². The maximum atomic E-state index is 5.42. The van der Waals surface area contributed by atoms with Crippen molar-refractivity contribution < 1.29 is 0 Å². The zero-order valence-corrected chi connectivity index (χ0v) is 33.0. The molecule has 56 heavy (non-hydrogen) atoms. The van der Waals surface area contributed by atoms with Gasteiger partial charge >= 0.3 is 0 Å². The van der Waals surface area contributed by atoms with Crippen molar-refractivity contribution in [2.24, 2.45) is 0 Å². The lowest BCUT2D eigenvalue weighted by Gasteiger charge is -2.42. The van der Waals surface area contributed by atoms with E-state index in [1.807, 2.05) is 0 Å². The van der Waals surface area contributed by atoms with Gasteiger partial charge in [0, 0.05) is 32.7 Å². The molecule has 0 unspecified atom stereocenters. The molecule has 2 heterocycles. The predicted octanol–water partition coefficient (Wildman–Crippen LogP) is 13.9. The average Bonchev–Trinajstić information content (AvgIpc) is 3.66. The molecule has 0 bridgehead atoms. The summed E-state index contributed by atoms with van der Waals surface area (Å²) in [4.78, 5) is 10.8. The number of hydrogen-bond donors (Lipinski definition) is 0. The minimum atomic E-state index is -0.183. The van der Waals surface area contributed by atoms with E-state index in [-0.39, 0.29) is 16.2 Å². The van der Waals surface area contributed by atoms with Crippen LogP contribution in [-0.2, 0) is 16.2 Å². The molecule has 11 rings (SSSR count). The molecule has 0 aliphatic heterocycles. The highest BCUT2D eigenvalue weighted by molar-refractivity contribution is 6.11. The number of fused-ring (bicyclic) bond motifs is 9. The SMILES string of the molecule is CC1(C)CCC(C)(C)c2cc3c(cc21)c1ccccc1n3-c1cccc2cc(-c3nc4ccccc4nc3-c3cccc4c3C(C)(C)c3ccccc3-4)ccc12. The second kappa shape index (κ2) is 11.5. The molecule has 0 saturated carbocycles. The van der Waals surface area contributed by atoms with Gasteiger partial charge in [-0.15, -0.1) is 0 Å². The third-order valence-electron chi connectivity index (χ3n) is 13.4. The van der Waals surface area contributed by atoms with Gasteiger partial charge in [-0.2, -0.15) is 0 Å². The van der Waals surface area contributed by atoms with Crippen LogP contribution in [-0.4, -0.2) is 14.5 Å². The molecule has 3 nitrogen and oxygen atoms in total. The Kier molecular flexibility index (Phi) is 6.83. The maximum absolute atomic E-state index is 5.42. The summed E-state index contributed by atoms with van der Waals surface area (Å²) in [5, 5.41) is 5.02. The number of nitrogens with zero attached hydrogens (tertiary/aromatic N) is 3. The van der Waals surface area contributed by atoms with Crippen LogP contribution in [0.25, 0.3) is 82.9 Å². The second-order valence-corrected chi connectivity index (χ2v) is 18.1. The van der Waals surface area contributed by atoms with E-state index < -0.39 is 0 Å². The zero-order chi connectivity index (χ0) is 38.1. The molecule has 2 aliphatic rings. The molecule has 2 aliphatic carbocycles. The van der Waals surface area contributed by atoms with Crippen molar-refractivity contribution in [3.8, 4) is 39.3 Å². The fraction of sp³-hybridized carbons (Fsp3) is 0.208. The first kappa shape index (κ1) is 33.3. The first-order chi connectivity index (χ1) is 27.0. The number of aromatic nitrogens is 3. The van der Waals surface area contributed by atoms with Gasteiger partial charge < -0.3 is 4.57 Å². The van der Waals surface area contributed by atoms with E-state index in [2.05, 4.69) is 186 Å². The van der Waals surface area contributed by atoms with Crippen molar-refractivity contribution in [3.05, 3.63) is 162 Å². The van der Waals surface area contributed by atoms with Crippen molar-refractivity contribution in [3.63, 3.8) is 0 Å². The van der Waals surface area contributed by atoms with Crippen LogP contribution in [0.15, 0.2) is 140 Å². The number of para-hydroxylation sites is 3. The van der Waals surface area contributed by atoms with Crippen molar-refractivity contribution in [1.82, 2.24) is 14.5 Å². The highest BCUT2D eigenvalue weighted by Gasteiger charge is 2.39. The van der Waals surface area contributed by atoms with E-state index >= 15 is 0 Å². The number of benzene rings is 7. The van der Waals surface area contributed by atoms with Crippen LogP contribution in [0.2, 0.25) is 0 Å². The van der Waals surface area contributed by atoms with Crippen LogP contribution in [0.4, 0.5) is 0 Å². The molecule has 2 aromatic heterocycles. The van der Waals surface area contributed by atoms with Crippen LogP contribution >= 0.6 is 0 Å². The molecule has 3 heteroatoms. The summed E-state index contributed by atoms with van der Waals surface area (Å²) in [6.45, 7) is 14.4. The van der Waals surface area contributed by atoms with E-state index in [9.17, 15) is 0 Å². The topological polar surface area (TPSA) is 30.7 Å². The lowest BCUT2D eigenvalue weighted by atomic mass is 9.63. The van der Waals surface area contributed by atoms with Gasteiger partial charge in [-0.3, -0.25) is 0 Å². The van der Waals surface area contributed by atoms with E-state index in [0.29, 0.717) is 0 Å². The Morgan fingerprint density at radius 1 is 0.464 bits per heavy atom. The Morgan fingerprint density at radius 3 is 1.91 bits per heavy atom. The standard InChI is InChI=1S/C53H45N3/c1-51(2)27-28-52(3,4)42-31-47-39(30-41(42)51)36-17-8-12-23-46(36)56(47)45-24-13-15-32-29-33(25-26-34(32)45)49-50(55-44-22-11-10-21-43(44)54-49)38-19-14-18-37-35-16-7-9-20-40(35)53(5,6)48(37)38/h7-26,29-31H,27-28H2,1-6H3. The van der Waals surface area contributed by atoms with Gasteiger partial charge in [-0.25, -0.2) is 9.97 Å². The maximum Gasteiger partial charge on any atom is 0.0976 e. The first-order valence-corrected chi connectivity index (χ1v) is 20.1. The minimum Gasteiger partial charge on any atom is -0.309 e. The Balaban J connectivity index is 1.14. The molecule has 0 atom stereocenters. The van der Waals surface area contributed by atoms with Gasteiger partial charge in [-0.05, 0) is 105 Å². The highest BCUT2D eigenvalue weighted by Crippen LogP contribution is 2.53. The second-order valence-electron chi connectivity index (χ2n) is 18.1. The molecule has 0 spiro atoms. The van der Waals surface area contributed by atoms with Crippen LogP contribution in [0.3, 0.4) is 0 Å². The van der Waals surface area contributed by atoms with Gasteiger partial charge in [-0.1, -0.05) is 139 Å². The molecule has 0 saturated heterocycles. The first-order valence-electron chi connectivity index (χ1n) is 20.1. The minimum absolute atomic E-state index is 0.115. The molecule has 7 aromatic carbocycles. The largest absolute Gasteiger partial charge is 0.309 e. The van der Waals surface area contributed by atoms with Gasteiger partial charge in [0.05, 0.1) is 39.1 Å². The van der Waals surface area contributed by atoms with E-state index in [0.717, 1.165) is 33.5 Å². The summed E-state index contributed by atoms with van der Waals surface area (Å²) >= 11 is 0.